The Bertz CT molecular complexity index is 1250. The Morgan fingerprint density at radius 3 is 2.47 bits per heavy atom. The van der Waals surface area contributed by atoms with Gasteiger partial charge in [-0.05, 0) is 48.1 Å². The van der Waals surface area contributed by atoms with Crippen LogP contribution < -0.4 is 15.0 Å². The van der Waals surface area contributed by atoms with Crippen LogP contribution in [0.2, 0.25) is 0 Å². The van der Waals surface area contributed by atoms with Crippen LogP contribution >= 0.6 is 0 Å². The zero-order valence-corrected chi connectivity index (χ0v) is 18.2. The van der Waals surface area contributed by atoms with Gasteiger partial charge in [0.05, 0.1) is 41.3 Å². The van der Waals surface area contributed by atoms with Gasteiger partial charge in [0, 0.05) is 12.1 Å². The highest BCUT2D eigenvalue weighted by Gasteiger charge is 2.59. The molecule has 2 aliphatic carbocycles. The minimum atomic E-state index is -0.550. The summed E-state index contributed by atoms with van der Waals surface area (Å²) in [6.45, 7) is 0. The van der Waals surface area contributed by atoms with E-state index in [9.17, 15) is 24.5 Å². The molecule has 9 nitrogen and oxygen atoms in total. The second-order valence-corrected chi connectivity index (χ2v) is 8.57. The number of nitrogens with zero attached hydrogens (tertiary/aromatic N) is 2. The van der Waals surface area contributed by atoms with Crippen LogP contribution in [0.4, 0.5) is 17.1 Å². The number of rotatable bonds is 6. The molecule has 2 bridgehead atoms. The zero-order chi connectivity index (χ0) is 24.0. The number of amides is 3. The van der Waals surface area contributed by atoms with Crippen molar-refractivity contribution in [2.75, 3.05) is 17.3 Å². The number of fused-ring (bicyclic) bond motifs is 5. The Labute approximate surface area is 194 Å². The van der Waals surface area contributed by atoms with Crippen molar-refractivity contribution in [3.63, 3.8) is 0 Å². The smallest absolute Gasteiger partial charge is 0.273 e. The number of nitro benzene ring substituents is 1. The second-order valence-electron chi connectivity index (χ2n) is 8.57. The number of carbonyl (C=O) groups is 3. The molecule has 1 aliphatic heterocycles. The highest BCUT2D eigenvalue weighted by molar-refractivity contribution is 6.23. The lowest BCUT2D eigenvalue weighted by Gasteiger charge is -2.17. The number of hydrogen-bond donors (Lipinski definition) is 1. The molecule has 3 aliphatic rings. The van der Waals surface area contributed by atoms with Crippen molar-refractivity contribution in [1.29, 1.82) is 0 Å². The Morgan fingerprint density at radius 2 is 1.82 bits per heavy atom. The molecule has 3 amide bonds. The van der Waals surface area contributed by atoms with Gasteiger partial charge < -0.3 is 10.1 Å². The first-order valence-corrected chi connectivity index (χ1v) is 10.8. The van der Waals surface area contributed by atoms with E-state index >= 15 is 0 Å². The lowest BCUT2D eigenvalue weighted by Crippen LogP contribution is -2.32. The van der Waals surface area contributed by atoms with Gasteiger partial charge in [0.15, 0.2) is 0 Å². The number of allylic oxidation sites excluding steroid dienone is 2. The Hall–Kier alpha value is -4.27. The van der Waals surface area contributed by atoms with Gasteiger partial charge in [-0.1, -0.05) is 24.3 Å². The molecule has 1 saturated carbocycles. The fourth-order valence-electron chi connectivity index (χ4n) is 5.17. The van der Waals surface area contributed by atoms with E-state index in [2.05, 4.69) is 17.5 Å². The number of carbonyl (C=O) groups excluding carboxylic acids is 3. The van der Waals surface area contributed by atoms with Gasteiger partial charge in [-0.25, -0.2) is 4.90 Å². The number of ether oxygens (including phenoxy) is 1. The summed E-state index contributed by atoms with van der Waals surface area (Å²) < 4.78 is 5.13. The van der Waals surface area contributed by atoms with Crippen molar-refractivity contribution in [1.82, 2.24) is 0 Å². The van der Waals surface area contributed by atoms with Crippen molar-refractivity contribution in [2.24, 2.45) is 23.7 Å². The molecule has 1 saturated heterocycles. The molecule has 0 radical (unpaired) electrons. The first-order valence-electron chi connectivity index (χ1n) is 10.8. The topological polar surface area (TPSA) is 119 Å². The summed E-state index contributed by atoms with van der Waals surface area (Å²) in [6, 6.07) is 10.8. The number of methoxy groups -OCH3 is 1. The fourth-order valence-corrected chi connectivity index (χ4v) is 5.17. The van der Waals surface area contributed by atoms with Crippen molar-refractivity contribution in [3.05, 3.63) is 76.4 Å². The van der Waals surface area contributed by atoms with Gasteiger partial charge in [0.25, 0.3) is 5.69 Å². The highest BCUT2D eigenvalue weighted by Crippen LogP contribution is 2.53. The normalized spacial score (nSPS) is 24.7. The van der Waals surface area contributed by atoms with Gasteiger partial charge in [-0.2, -0.15) is 0 Å². The van der Waals surface area contributed by atoms with Crippen LogP contribution in [-0.4, -0.2) is 29.8 Å². The first kappa shape index (κ1) is 21.6. The predicted molar refractivity (Wildman–Crippen MR) is 124 cm³/mol. The first-order chi connectivity index (χ1) is 16.4. The molecule has 34 heavy (non-hydrogen) atoms. The second kappa shape index (κ2) is 8.26. The summed E-state index contributed by atoms with van der Waals surface area (Å²) in [6.07, 6.45) is 7.84. The van der Waals surface area contributed by atoms with E-state index in [0.29, 0.717) is 16.9 Å². The maximum absolute atomic E-state index is 13.0. The monoisotopic (exact) mass is 459 g/mol. The molecule has 4 atom stereocenters. The molecular formula is C25H21N3O6. The third kappa shape index (κ3) is 3.55. The summed E-state index contributed by atoms with van der Waals surface area (Å²) in [5.41, 5.74) is 1.27. The molecule has 1 heterocycles. The molecule has 2 aromatic carbocycles. The van der Waals surface area contributed by atoms with E-state index in [1.807, 2.05) is 0 Å². The molecule has 0 aromatic heterocycles. The molecule has 5 rings (SSSR count). The van der Waals surface area contributed by atoms with Crippen LogP contribution in [0.15, 0.2) is 60.7 Å². The molecule has 0 unspecified atom stereocenters. The molecule has 172 valence electrons. The van der Waals surface area contributed by atoms with E-state index in [0.717, 1.165) is 6.42 Å². The number of nitro groups is 1. The zero-order valence-electron chi connectivity index (χ0n) is 18.2. The van der Waals surface area contributed by atoms with Crippen molar-refractivity contribution >= 4 is 40.9 Å². The molecular weight excluding hydrogens is 438 g/mol. The van der Waals surface area contributed by atoms with Crippen LogP contribution in [0.5, 0.6) is 5.75 Å². The minimum Gasteiger partial charge on any atom is -0.494 e. The largest absolute Gasteiger partial charge is 0.494 e. The maximum Gasteiger partial charge on any atom is 0.273 e. The van der Waals surface area contributed by atoms with Crippen LogP contribution in [0.25, 0.3) is 6.08 Å². The van der Waals surface area contributed by atoms with Gasteiger partial charge in [0.1, 0.15) is 5.75 Å². The number of anilines is 2. The molecule has 2 aromatic rings. The SMILES string of the molecule is COc1cc([N+](=O)[O-])ccc1NC(=O)/C=C/c1cccc(N2C(=O)[C@@H]3[C@@H](C2=O)[C@H]2C=C[C@H]3C2)c1. The van der Waals surface area contributed by atoms with Gasteiger partial charge in [0.2, 0.25) is 17.7 Å². The number of nitrogens with one attached hydrogen (secondary N) is 1. The van der Waals surface area contributed by atoms with Crippen LogP contribution in [-0.2, 0) is 14.4 Å². The van der Waals surface area contributed by atoms with E-state index in [-0.39, 0.29) is 46.9 Å². The van der Waals surface area contributed by atoms with E-state index < -0.39 is 10.8 Å². The summed E-state index contributed by atoms with van der Waals surface area (Å²) in [5, 5.41) is 13.5. The molecule has 0 spiro atoms. The third-order valence-corrected chi connectivity index (χ3v) is 6.68. The minimum absolute atomic E-state index is 0.139. The average Bonchev–Trinajstić information content (AvgIpc) is 3.51. The lowest BCUT2D eigenvalue weighted by atomic mass is 9.85. The van der Waals surface area contributed by atoms with E-state index in [1.54, 1.807) is 30.3 Å². The average molecular weight is 459 g/mol. The quantitative estimate of drug-likeness (QED) is 0.232. The van der Waals surface area contributed by atoms with Crippen LogP contribution in [0.1, 0.15) is 12.0 Å². The predicted octanol–water partition coefficient (Wildman–Crippen LogP) is 3.57. The van der Waals surface area contributed by atoms with Crippen LogP contribution in [0, 0.1) is 33.8 Å². The third-order valence-electron chi connectivity index (χ3n) is 6.68. The number of hydrogen-bond acceptors (Lipinski definition) is 6. The number of benzene rings is 2. The lowest BCUT2D eigenvalue weighted by molar-refractivity contribution is -0.384. The molecule has 2 fully saturated rings. The fraction of sp³-hybridized carbons (Fsp3) is 0.240. The Balaban J connectivity index is 1.31. The standard InChI is InChI=1S/C25H21N3O6/c1-34-20-13-18(28(32)33)8-9-19(20)26-21(29)10-5-14-3-2-4-17(11-14)27-24(30)22-15-6-7-16(12-15)23(22)25(27)31/h2-11,13,15-16,22-23H,12H2,1H3,(H,26,29)/b10-5+/t15-,16-,22-,23-/m0/s1. The number of imide groups is 1. The summed E-state index contributed by atoms with van der Waals surface area (Å²) in [7, 11) is 1.35. The molecule has 1 N–H and O–H groups in total. The van der Waals surface area contributed by atoms with Crippen molar-refractivity contribution in [3.8, 4) is 5.75 Å². The van der Waals surface area contributed by atoms with Crippen LogP contribution in [0.3, 0.4) is 0 Å². The van der Waals surface area contributed by atoms with E-state index in [4.69, 9.17) is 4.74 Å². The summed E-state index contributed by atoms with van der Waals surface area (Å²) in [4.78, 5) is 50.1. The van der Waals surface area contributed by atoms with E-state index in [1.165, 1.54) is 36.3 Å². The van der Waals surface area contributed by atoms with Crippen molar-refractivity contribution < 1.29 is 24.0 Å². The number of non-ortho nitro benzene ring substituents is 1. The summed E-state index contributed by atoms with van der Waals surface area (Å²) in [5.74, 6) is -0.888. The Morgan fingerprint density at radius 1 is 1.12 bits per heavy atom. The maximum atomic E-state index is 13.0. The van der Waals surface area contributed by atoms with Crippen molar-refractivity contribution in [2.45, 2.75) is 6.42 Å². The Kier molecular flexibility index (Phi) is 5.24. The van der Waals surface area contributed by atoms with Gasteiger partial charge >= 0.3 is 0 Å². The molecule has 9 heteroatoms. The highest BCUT2D eigenvalue weighted by atomic mass is 16.6. The summed E-state index contributed by atoms with van der Waals surface area (Å²) >= 11 is 0. The van der Waals surface area contributed by atoms with Gasteiger partial charge in [-0.15, -0.1) is 0 Å². The van der Waals surface area contributed by atoms with Gasteiger partial charge in [-0.3, -0.25) is 24.5 Å².